The van der Waals surface area contributed by atoms with Gasteiger partial charge >= 0.3 is 0 Å². The molecule has 2 heterocycles. The zero-order valence-electron chi connectivity index (χ0n) is 22.3. The van der Waals surface area contributed by atoms with E-state index in [9.17, 15) is 4.79 Å². The molecule has 0 spiro atoms. The highest BCUT2D eigenvalue weighted by Crippen LogP contribution is 2.24. The van der Waals surface area contributed by atoms with Crippen LogP contribution in [0.1, 0.15) is 52.6 Å². The van der Waals surface area contributed by atoms with E-state index in [1.54, 1.807) is 0 Å². The molecule has 0 bridgehead atoms. The predicted octanol–water partition coefficient (Wildman–Crippen LogP) is 5.89. The maximum Gasteiger partial charge on any atom is 0.257 e. The van der Waals surface area contributed by atoms with Crippen molar-refractivity contribution in [2.75, 3.05) is 39.9 Å². The quantitative estimate of drug-likeness (QED) is 0.261. The summed E-state index contributed by atoms with van der Waals surface area (Å²) in [6.45, 7) is 9.87. The number of hydrogen-bond donors (Lipinski definition) is 0. The molecular weight excluding hydrogens is 484 g/mol. The van der Waals surface area contributed by atoms with E-state index in [1.807, 2.05) is 66.8 Å². The molecule has 0 saturated carbocycles. The number of likely N-dealkylation sites (tertiary alicyclic amines) is 1. The van der Waals surface area contributed by atoms with Crippen LogP contribution >= 0.6 is 11.6 Å². The molecule has 1 aliphatic rings. The number of aromatic nitrogens is 2. The van der Waals surface area contributed by atoms with E-state index in [4.69, 9.17) is 21.4 Å². The van der Waals surface area contributed by atoms with Crippen molar-refractivity contribution in [1.82, 2.24) is 19.6 Å². The molecule has 1 fully saturated rings. The number of amides is 1. The summed E-state index contributed by atoms with van der Waals surface area (Å²) in [6, 6.07) is 16.4. The zero-order valence-corrected chi connectivity index (χ0v) is 23.0. The first-order valence-electron chi connectivity index (χ1n) is 13.0. The van der Waals surface area contributed by atoms with Gasteiger partial charge in [0.2, 0.25) is 0 Å². The van der Waals surface area contributed by atoms with Gasteiger partial charge in [-0.05, 0) is 76.1 Å². The summed E-state index contributed by atoms with van der Waals surface area (Å²) in [6.07, 6.45) is 6.08. The number of aryl methyl sites for hydroxylation is 1. The Labute approximate surface area is 225 Å². The second-order valence-corrected chi connectivity index (χ2v) is 10.1. The molecule has 7 heteroatoms. The van der Waals surface area contributed by atoms with Crippen molar-refractivity contribution >= 4 is 29.7 Å². The van der Waals surface area contributed by atoms with Crippen molar-refractivity contribution in [1.29, 1.82) is 0 Å². The minimum Gasteiger partial charge on any atom is -0.380 e. The average Bonchev–Trinajstić information content (AvgIpc) is 3.21. The molecular formula is C30H37ClN4O2. The molecule has 1 aliphatic heterocycles. The Morgan fingerprint density at radius 1 is 1.11 bits per heavy atom. The van der Waals surface area contributed by atoms with Gasteiger partial charge in [0.1, 0.15) is 0 Å². The van der Waals surface area contributed by atoms with E-state index in [-0.39, 0.29) is 5.91 Å². The summed E-state index contributed by atoms with van der Waals surface area (Å²) in [7, 11) is 2.15. The van der Waals surface area contributed by atoms with E-state index in [0.29, 0.717) is 11.6 Å². The molecule has 1 aromatic heterocycles. The lowest BCUT2D eigenvalue weighted by molar-refractivity contribution is 0.0586. The summed E-state index contributed by atoms with van der Waals surface area (Å²) in [4.78, 5) is 17.9. The smallest absolute Gasteiger partial charge is 0.257 e. The van der Waals surface area contributed by atoms with Crippen LogP contribution in [0.15, 0.2) is 48.5 Å². The Balaban J connectivity index is 1.45. The van der Waals surface area contributed by atoms with Crippen molar-refractivity contribution in [2.45, 2.75) is 39.7 Å². The summed E-state index contributed by atoms with van der Waals surface area (Å²) in [5.74, 6) is 0.0791. The van der Waals surface area contributed by atoms with Crippen molar-refractivity contribution in [3.63, 3.8) is 0 Å². The third-order valence-corrected chi connectivity index (χ3v) is 7.38. The van der Waals surface area contributed by atoms with Crippen molar-refractivity contribution in [2.24, 2.45) is 0 Å². The largest absolute Gasteiger partial charge is 0.380 e. The lowest BCUT2D eigenvalue weighted by Gasteiger charge is -2.36. The number of carbonyl (C=O) groups excluding carboxylic acids is 1. The number of benzene rings is 2. The van der Waals surface area contributed by atoms with Crippen molar-refractivity contribution < 1.29 is 9.53 Å². The molecule has 0 N–H and O–H groups in total. The Bertz CT molecular complexity index is 1230. The van der Waals surface area contributed by atoms with Gasteiger partial charge in [-0.15, -0.1) is 0 Å². The Hall–Kier alpha value is -2.93. The first-order chi connectivity index (χ1) is 17.9. The fourth-order valence-electron chi connectivity index (χ4n) is 4.93. The van der Waals surface area contributed by atoms with Crippen molar-refractivity contribution in [3.05, 3.63) is 81.6 Å². The highest BCUT2D eigenvalue weighted by atomic mass is 35.5. The van der Waals surface area contributed by atoms with Gasteiger partial charge in [-0.3, -0.25) is 4.79 Å². The first-order valence-corrected chi connectivity index (χ1v) is 13.4. The van der Waals surface area contributed by atoms with Gasteiger partial charge in [0, 0.05) is 37.3 Å². The van der Waals surface area contributed by atoms with E-state index in [1.165, 1.54) is 0 Å². The number of likely N-dealkylation sites (N-methyl/N-ethyl adjacent to an activating group) is 1. The molecule has 0 unspecified atom stereocenters. The molecule has 4 rings (SSSR count). The van der Waals surface area contributed by atoms with Crippen LogP contribution < -0.4 is 0 Å². The Morgan fingerprint density at radius 2 is 1.81 bits per heavy atom. The van der Waals surface area contributed by atoms with Crippen LogP contribution in [0.5, 0.6) is 0 Å². The summed E-state index contributed by atoms with van der Waals surface area (Å²) in [5, 5.41) is 5.48. The van der Waals surface area contributed by atoms with Gasteiger partial charge in [-0.2, -0.15) is 5.10 Å². The number of halogens is 1. The standard InChI is InChI=1S/C30H37ClN4O2/c1-5-37-20-19-33(4)27-15-17-34(18-16-27)30(36)29-22(2)32-35(23(29)3)28-8-6-7-25(21-28)10-9-24-11-13-26(31)14-12-24/h6-14,21,27H,5,15-20H2,1-4H3/b10-9+. The maximum absolute atomic E-state index is 13.5. The van der Waals surface area contributed by atoms with Gasteiger partial charge in [-0.1, -0.05) is 48.0 Å². The second-order valence-electron chi connectivity index (χ2n) is 9.64. The van der Waals surface area contributed by atoms with Crippen LogP contribution in [0, 0.1) is 13.8 Å². The number of hydrogen-bond acceptors (Lipinski definition) is 4. The van der Waals surface area contributed by atoms with Crippen LogP contribution in [0.3, 0.4) is 0 Å². The van der Waals surface area contributed by atoms with E-state index in [0.717, 1.165) is 78.9 Å². The van der Waals surface area contributed by atoms with Gasteiger partial charge in [0.15, 0.2) is 0 Å². The molecule has 0 radical (unpaired) electrons. The second kappa shape index (κ2) is 12.5. The molecule has 1 amide bonds. The monoisotopic (exact) mass is 520 g/mol. The highest BCUT2D eigenvalue weighted by molar-refractivity contribution is 6.30. The predicted molar refractivity (Wildman–Crippen MR) is 151 cm³/mol. The first kappa shape index (κ1) is 27.1. The highest BCUT2D eigenvalue weighted by Gasteiger charge is 2.29. The van der Waals surface area contributed by atoms with Gasteiger partial charge in [0.25, 0.3) is 5.91 Å². The van der Waals surface area contributed by atoms with E-state index < -0.39 is 0 Å². The van der Waals surface area contributed by atoms with Crippen LogP contribution in [-0.2, 0) is 4.74 Å². The molecule has 37 heavy (non-hydrogen) atoms. The SMILES string of the molecule is CCOCCN(C)C1CCN(C(=O)c2c(C)nn(-c3cccc(/C=C/c4ccc(Cl)cc4)c3)c2C)CC1. The van der Waals surface area contributed by atoms with E-state index >= 15 is 0 Å². The van der Waals surface area contributed by atoms with Crippen LogP contribution in [-0.4, -0.2) is 71.4 Å². The minimum absolute atomic E-state index is 0.0791. The molecule has 3 aromatic rings. The fraction of sp³-hybridized carbons (Fsp3) is 0.400. The molecule has 196 valence electrons. The van der Waals surface area contributed by atoms with E-state index in [2.05, 4.69) is 36.2 Å². The molecule has 1 saturated heterocycles. The lowest BCUT2D eigenvalue weighted by atomic mass is 10.0. The lowest BCUT2D eigenvalue weighted by Crippen LogP contribution is -2.46. The summed E-state index contributed by atoms with van der Waals surface area (Å²) < 4.78 is 7.38. The third kappa shape index (κ3) is 6.69. The Morgan fingerprint density at radius 3 is 2.51 bits per heavy atom. The van der Waals surface area contributed by atoms with Crippen LogP contribution in [0.2, 0.25) is 5.02 Å². The zero-order chi connectivity index (χ0) is 26.4. The van der Waals surface area contributed by atoms with Crippen molar-refractivity contribution in [3.8, 4) is 5.69 Å². The molecule has 2 aromatic carbocycles. The van der Waals surface area contributed by atoms with Gasteiger partial charge < -0.3 is 14.5 Å². The Kier molecular flexibility index (Phi) is 9.19. The van der Waals surface area contributed by atoms with Gasteiger partial charge in [0.05, 0.1) is 29.2 Å². The number of nitrogens with zero attached hydrogens (tertiary/aromatic N) is 4. The number of ether oxygens (including phenoxy) is 1. The normalized spacial score (nSPS) is 14.7. The number of carbonyl (C=O) groups is 1. The maximum atomic E-state index is 13.5. The molecule has 6 nitrogen and oxygen atoms in total. The molecule has 0 aliphatic carbocycles. The fourth-order valence-corrected chi connectivity index (χ4v) is 5.06. The average molecular weight is 521 g/mol. The summed E-state index contributed by atoms with van der Waals surface area (Å²) in [5.41, 5.74) is 5.43. The third-order valence-electron chi connectivity index (χ3n) is 7.13. The molecule has 0 atom stereocenters. The summed E-state index contributed by atoms with van der Waals surface area (Å²) >= 11 is 5.99. The number of piperidine rings is 1. The van der Waals surface area contributed by atoms with Gasteiger partial charge in [-0.25, -0.2) is 4.68 Å². The number of rotatable bonds is 9. The van der Waals surface area contributed by atoms with Crippen LogP contribution in [0.4, 0.5) is 0 Å². The van der Waals surface area contributed by atoms with Crippen LogP contribution in [0.25, 0.3) is 17.8 Å². The topological polar surface area (TPSA) is 50.6 Å². The minimum atomic E-state index is 0.0791.